The minimum absolute atomic E-state index is 0.648. The average molecular weight is 113 g/mol. The minimum atomic E-state index is -0.648. The van der Waals surface area contributed by atoms with Crippen LogP contribution in [0.25, 0.3) is 0 Å². The molecule has 0 unspecified atom stereocenters. The fraction of sp³-hybridized carbons (Fsp3) is 0.200. The van der Waals surface area contributed by atoms with Crippen molar-refractivity contribution in [2.24, 2.45) is 5.73 Å². The van der Waals surface area contributed by atoms with Crippen molar-refractivity contribution >= 4 is 0 Å². The Bertz CT molecular complexity index is 106. The first kappa shape index (κ1) is 5.18. The molecule has 44 valence electrons. The van der Waals surface area contributed by atoms with Gasteiger partial charge in [-0.2, -0.15) is 0 Å². The fourth-order valence-corrected chi connectivity index (χ4v) is 0.368. The highest BCUT2D eigenvalue weighted by molar-refractivity contribution is 4.97. The van der Waals surface area contributed by atoms with E-state index in [0.29, 0.717) is 0 Å². The molecule has 3 heteroatoms. The van der Waals surface area contributed by atoms with Crippen LogP contribution in [0, 0.1) is 0 Å². The number of nitrogens with two attached hydrogens (primary N) is 1. The van der Waals surface area contributed by atoms with Crippen molar-refractivity contribution in [1.82, 2.24) is 0 Å². The molecule has 0 radical (unpaired) electrons. The van der Waals surface area contributed by atoms with Gasteiger partial charge in [0, 0.05) is 0 Å². The molecule has 0 amide bonds. The van der Waals surface area contributed by atoms with Gasteiger partial charge in [-0.3, -0.25) is 5.73 Å². The summed E-state index contributed by atoms with van der Waals surface area (Å²) in [5, 5.41) is 0. The van der Waals surface area contributed by atoms with Crippen LogP contribution in [-0.2, 0) is 9.47 Å². The molecule has 3 nitrogen and oxygen atoms in total. The van der Waals surface area contributed by atoms with Crippen molar-refractivity contribution in [3.63, 3.8) is 0 Å². The van der Waals surface area contributed by atoms with Crippen molar-refractivity contribution in [3.8, 4) is 0 Å². The molecule has 0 saturated carbocycles. The normalized spacial score (nSPS) is 19.1. The molecule has 0 bridgehead atoms. The molecule has 0 atom stereocenters. The third-order valence-electron chi connectivity index (χ3n) is 0.694. The lowest BCUT2D eigenvalue weighted by Gasteiger charge is -2.06. The van der Waals surface area contributed by atoms with Gasteiger partial charge < -0.3 is 9.47 Å². The van der Waals surface area contributed by atoms with E-state index >= 15 is 0 Å². The Morgan fingerprint density at radius 3 is 2.12 bits per heavy atom. The first-order valence-electron chi connectivity index (χ1n) is 2.28. The predicted octanol–water partition coefficient (Wildman–Crippen LogP) is 0.303. The molecule has 0 aliphatic carbocycles. The molecular formula is C5H7NO2. The van der Waals surface area contributed by atoms with Crippen LogP contribution in [0.1, 0.15) is 0 Å². The van der Waals surface area contributed by atoms with E-state index in [1.54, 1.807) is 12.2 Å². The van der Waals surface area contributed by atoms with E-state index in [-0.39, 0.29) is 0 Å². The van der Waals surface area contributed by atoms with Crippen LogP contribution in [0.4, 0.5) is 0 Å². The topological polar surface area (TPSA) is 44.5 Å². The van der Waals surface area contributed by atoms with E-state index in [2.05, 4.69) is 0 Å². The Morgan fingerprint density at radius 2 is 1.62 bits per heavy atom. The van der Waals surface area contributed by atoms with Crippen molar-refractivity contribution in [3.05, 3.63) is 24.7 Å². The highest BCUT2D eigenvalue weighted by Gasteiger charge is 1.96. The highest BCUT2D eigenvalue weighted by atomic mass is 16.7. The summed E-state index contributed by atoms with van der Waals surface area (Å²) in [4.78, 5) is 0. The standard InChI is InChI=1S/C5H7NO2/c6-5-7-3-1-2-4-8-5/h1-5H,6H2. The summed E-state index contributed by atoms with van der Waals surface area (Å²) in [6.07, 6.45) is 5.72. The zero-order chi connectivity index (χ0) is 5.82. The average Bonchev–Trinajstić information content (AvgIpc) is 1.94. The lowest BCUT2D eigenvalue weighted by molar-refractivity contribution is -0.0530. The second-order valence-electron chi connectivity index (χ2n) is 1.30. The van der Waals surface area contributed by atoms with E-state index in [4.69, 9.17) is 15.2 Å². The van der Waals surface area contributed by atoms with Crippen molar-refractivity contribution in [2.45, 2.75) is 6.41 Å². The Kier molecular flexibility index (Phi) is 1.54. The van der Waals surface area contributed by atoms with Gasteiger partial charge in [0.05, 0.1) is 12.5 Å². The van der Waals surface area contributed by atoms with Gasteiger partial charge in [-0.15, -0.1) is 0 Å². The zero-order valence-corrected chi connectivity index (χ0v) is 4.28. The summed E-state index contributed by atoms with van der Waals surface area (Å²) in [5.41, 5.74) is 5.19. The van der Waals surface area contributed by atoms with Crippen LogP contribution >= 0.6 is 0 Å². The SMILES string of the molecule is NC1OC=CC=CO1. The van der Waals surface area contributed by atoms with Crippen molar-refractivity contribution in [2.75, 3.05) is 0 Å². The van der Waals surface area contributed by atoms with Crippen molar-refractivity contribution in [1.29, 1.82) is 0 Å². The van der Waals surface area contributed by atoms with Gasteiger partial charge in [-0.05, 0) is 12.2 Å². The Morgan fingerprint density at radius 1 is 1.12 bits per heavy atom. The summed E-state index contributed by atoms with van der Waals surface area (Å²) < 4.78 is 9.43. The molecule has 1 heterocycles. The predicted molar refractivity (Wildman–Crippen MR) is 28.4 cm³/mol. The molecule has 2 N–H and O–H groups in total. The number of rotatable bonds is 0. The molecule has 0 aromatic carbocycles. The van der Waals surface area contributed by atoms with Crippen LogP contribution in [0.3, 0.4) is 0 Å². The maximum Gasteiger partial charge on any atom is 0.298 e. The maximum absolute atomic E-state index is 5.19. The maximum atomic E-state index is 5.19. The summed E-state index contributed by atoms with van der Waals surface area (Å²) in [7, 11) is 0. The van der Waals surface area contributed by atoms with Crippen LogP contribution in [0.15, 0.2) is 24.7 Å². The molecule has 8 heavy (non-hydrogen) atoms. The first-order valence-corrected chi connectivity index (χ1v) is 2.28. The Balaban J connectivity index is 2.45. The largest absolute Gasteiger partial charge is 0.450 e. The molecule has 1 aliphatic rings. The fourth-order valence-electron chi connectivity index (χ4n) is 0.368. The number of ether oxygens (including phenoxy) is 2. The summed E-state index contributed by atoms with van der Waals surface area (Å²) in [6, 6.07) is 0. The van der Waals surface area contributed by atoms with Crippen LogP contribution in [0.2, 0.25) is 0 Å². The molecular weight excluding hydrogens is 106 g/mol. The van der Waals surface area contributed by atoms with E-state index in [0.717, 1.165) is 0 Å². The molecule has 1 aliphatic heterocycles. The van der Waals surface area contributed by atoms with Gasteiger partial charge in [-0.25, -0.2) is 0 Å². The third-order valence-corrected chi connectivity index (χ3v) is 0.694. The monoisotopic (exact) mass is 113 g/mol. The number of hydrogen-bond donors (Lipinski definition) is 1. The van der Waals surface area contributed by atoms with Crippen molar-refractivity contribution < 1.29 is 9.47 Å². The smallest absolute Gasteiger partial charge is 0.298 e. The zero-order valence-electron chi connectivity index (χ0n) is 4.28. The molecule has 0 saturated heterocycles. The van der Waals surface area contributed by atoms with E-state index < -0.39 is 6.41 Å². The summed E-state index contributed by atoms with van der Waals surface area (Å²) in [5.74, 6) is 0. The first-order chi connectivity index (χ1) is 3.89. The van der Waals surface area contributed by atoms with Gasteiger partial charge in [0.15, 0.2) is 0 Å². The molecule has 1 rings (SSSR count). The van der Waals surface area contributed by atoms with Gasteiger partial charge >= 0.3 is 0 Å². The minimum Gasteiger partial charge on any atom is -0.450 e. The number of hydrogen-bond acceptors (Lipinski definition) is 3. The summed E-state index contributed by atoms with van der Waals surface area (Å²) >= 11 is 0. The molecule has 0 fully saturated rings. The number of allylic oxidation sites excluding steroid dienone is 2. The van der Waals surface area contributed by atoms with Gasteiger partial charge in [0.1, 0.15) is 0 Å². The van der Waals surface area contributed by atoms with Gasteiger partial charge in [-0.1, -0.05) is 0 Å². The summed E-state index contributed by atoms with van der Waals surface area (Å²) in [6.45, 7) is 0. The van der Waals surface area contributed by atoms with Crippen LogP contribution in [0.5, 0.6) is 0 Å². The van der Waals surface area contributed by atoms with E-state index in [1.165, 1.54) is 12.5 Å². The second kappa shape index (κ2) is 2.37. The van der Waals surface area contributed by atoms with E-state index in [9.17, 15) is 0 Å². The highest BCUT2D eigenvalue weighted by Crippen LogP contribution is 1.93. The van der Waals surface area contributed by atoms with Crippen LogP contribution < -0.4 is 5.73 Å². The second-order valence-corrected chi connectivity index (χ2v) is 1.30. The quantitative estimate of drug-likeness (QED) is 0.491. The lowest BCUT2D eigenvalue weighted by Crippen LogP contribution is -2.22. The Hall–Kier alpha value is -0.960. The van der Waals surface area contributed by atoms with E-state index in [1.807, 2.05) is 0 Å². The van der Waals surface area contributed by atoms with Gasteiger partial charge in [0.25, 0.3) is 6.41 Å². The molecule has 0 spiro atoms. The Labute approximate surface area is 47.4 Å². The molecule has 0 aromatic rings. The van der Waals surface area contributed by atoms with Gasteiger partial charge in [0.2, 0.25) is 0 Å². The third kappa shape index (κ3) is 1.27. The lowest BCUT2D eigenvalue weighted by atomic mass is 10.6. The molecule has 0 aromatic heterocycles. The van der Waals surface area contributed by atoms with Crippen LogP contribution in [-0.4, -0.2) is 6.41 Å².